The minimum Gasteiger partial charge on any atom is -2.00 e. The summed E-state index contributed by atoms with van der Waals surface area (Å²) in [6, 6.07) is 2.92. The van der Waals surface area contributed by atoms with E-state index in [-0.39, 0.29) is 306 Å². The number of hydrogen-bond acceptors (Lipinski definition) is 0. The van der Waals surface area contributed by atoms with Crippen LogP contribution in [0.25, 0.3) is 0 Å². The summed E-state index contributed by atoms with van der Waals surface area (Å²) in [6.45, 7) is 20.6. The second-order valence-electron chi connectivity index (χ2n) is 6.97. The molecule has 0 saturated heterocycles. The fourth-order valence-corrected chi connectivity index (χ4v) is 0. The van der Waals surface area contributed by atoms with Gasteiger partial charge < -0.3 is 187 Å². The van der Waals surface area contributed by atoms with Gasteiger partial charge in [0, 0.05) is 147 Å². The molecule has 0 amide bonds. The third-order valence-electron chi connectivity index (χ3n) is 0. The first-order valence-electron chi connectivity index (χ1n) is 7.81. The van der Waals surface area contributed by atoms with Crippen LogP contribution < -0.4 is 28.7 Å². The van der Waals surface area contributed by atoms with E-state index in [1.165, 1.54) is 0 Å². The van der Waals surface area contributed by atoms with E-state index < -0.39 is 0 Å². The summed E-state index contributed by atoms with van der Waals surface area (Å²) in [5, 5.41) is 0. The van der Waals surface area contributed by atoms with E-state index in [9.17, 15) is 0 Å². The van der Waals surface area contributed by atoms with Crippen molar-refractivity contribution >= 4 is 0 Å². The summed E-state index contributed by atoms with van der Waals surface area (Å²) in [4.78, 5) is 0. The molecule has 0 rings (SSSR count). The van der Waals surface area contributed by atoms with Gasteiger partial charge in [-0.15, -0.1) is 0 Å². The molecule has 21 N–H and O–H groups in total. The molecular weight excluding hydrogens is 1390 g/mol. The number of hydrogen-bond donors (Lipinski definition) is 5. The van der Waals surface area contributed by atoms with Crippen LogP contribution in [0.2, 0.25) is 0 Å². The summed E-state index contributed by atoms with van der Waals surface area (Å²) in [7, 11) is 0. The molecule has 0 aliphatic carbocycles. The maximum Gasteiger partial charge on any atom is 0.0786 e. The van der Waals surface area contributed by atoms with E-state index in [1.807, 2.05) is 0 Å². The predicted molar refractivity (Wildman–Crippen MR) is 119 cm³/mol. The third kappa shape index (κ3) is 15300. The monoisotopic (exact) mass is 1460 g/mol. The normalized spacial score (nSPS) is 3.21. The first-order chi connectivity index (χ1) is 8.66. The molecule has 34 nitrogen and oxygen atoms in total. The molecule has 41 heteroatoms. The van der Waals surface area contributed by atoms with Crippen molar-refractivity contribution in [1.82, 2.24) is 0 Å². The summed E-state index contributed by atoms with van der Waals surface area (Å²) >= 11 is 0. The van der Waals surface area contributed by atoms with Crippen molar-refractivity contribution in [3.8, 4) is 0 Å². The van der Waals surface area contributed by atoms with Gasteiger partial charge in [-0.05, 0) is 69.2 Å². The average Bonchev–Trinajstić information content (AvgIpc) is 1.94. The first kappa shape index (κ1) is 596. The van der Waals surface area contributed by atoms with E-state index in [0.29, 0.717) is 30.2 Å². The zero-order chi connectivity index (χ0) is 17.9. The molecule has 0 aliphatic rings. The molecule has 0 bridgehead atoms. The summed E-state index contributed by atoms with van der Waals surface area (Å²) < 4.78 is 0. The molecule has 0 unspecified atom stereocenters. The van der Waals surface area contributed by atoms with Crippen molar-refractivity contribution in [1.29, 1.82) is 0 Å². The molecule has 0 aromatic rings. The SMILES string of the molecule is CC(C)[NH3+].CC(C)[NH3+].CC(C)[NH3+].CC(C)[NH3+].CC(C)[NH3+].O.O.O.[Mo].[Mo].[Mo].[Mo].[Mo].[Mo].[Mo].[O-2].[O-2].[O-2].[O-2].[O-2].[O-2].[O-2].[O-2].[O-2].[O-2].[O-2].[O-2].[O-2].[O-2].[O-2].[O-2].[O-2].[O-2].[O-2].[O-2].[O-2].[O-2].[O-2].[O-2].[O-2].[O-2]. The van der Waals surface area contributed by atoms with Crippen LogP contribution in [0.4, 0.5) is 0 Å². The van der Waals surface area contributed by atoms with Crippen molar-refractivity contribution < 1.29 is 335 Å². The Labute approximate surface area is 430 Å². The molecule has 0 fully saturated rings. The zero-order valence-corrected chi connectivity index (χ0v) is 45.4. The molecule has 56 heavy (non-hydrogen) atoms. The van der Waals surface area contributed by atoms with Gasteiger partial charge in [0.1, 0.15) is 0 Å². The maximum absolute atomic E-state index is 3.64. The smallest absolute Gasteiger partial charge is 0.0786 e. The van der Waals surface area contributed by atoms with Crippen molar-refractivity contribution in [3.63, 3.8) is 0 Å². The molecule has 0 heterocycles. The van der Waals surface area contributed by atoms with Gasteiger partial charge in [0.15, 0.2) is 0 Å². The van der Waals surface area contributed by atoms with Gasteiger partial charge in [0.05, 0.1) is 30.2 Å². The van der Waals surface area contributed by atoms with E-state index >= 15 is 0 Å². The molecule has 0 aromatic carbocycles. The Balaban J connectivity index is -0.00000000111. The van der Waals surface area contributed by atoms with Gasteiger partial charge >= 0.3 is 0 Å². The third-order valence-corrected chi connectivity index (χ3v) is 0. The molecule has 404 valence electrons. The van der Waals surface area contributed by atoms with E-state index in [1.54, 1.807) is 0 Å². The Bertz CT molecular complexity index is 153. The van der Waals surface area contributed by atoms with Crippen LogP contribution in [-0.2, 0) is 290 Å². The van der Waals surface area contributed by atoms with Crippen LogP contribution in [0.5, 0.6) is 0 Å². The summed E-state index contributed by atoms with van der Waals surface area (Å²) in [5.74, 6) is 0. The van der Waals surface area contributed by atoms with Crippen LogP contribution in [0.15, 0.2) is 0 Å². The largest absolute Gasteiger partial charge is 2.00 e. The zero-order valence-electron chi connectivity index (χ0n) is 31.4. The molecule has 0 atom stereocenters. The van der Waals surface area contributed by atoms with Crippen LogP contribution >= 0.6 is 0 Å². The Kier molecular flexibility index (Phi) is 6030. The Morgan fingerprint density at radius 3 is 0.161 bits per heavy atom. The quantitative estimate of drug-likeness (QED) is 0.141. The molecule has 0 aliphatic heterocycles. The summed E-state index contributed by atoms with van der Waals surface area (Å²) in [5.41, 5.74) is 18.2. The van der Waals surface area contributed by atoms with Crippen molar-refractivity contribution in [2.75, 3.05) is 0 Å². The molecule has 0 radical (unpaired) electrons. The fourth-order valence-electron chi connectivity index (χ4n) is 0. The Morgan fingerprint density at radius 1 is 0.161 bits per heavy atom. The molecular formula is C15H56Mo7N5O29-47. The van der Waals surface area contributed by atoms with Crippen LogP contribution in [-0.4, -0.2) is 46.6 Å². The minimum absolute atomic E-state index is 0. The fraction of sp³-hybridized carbons (Fsp3) is 1.00. The standard InChI is InChI=1S/5C3H9N.7Mo.3H2O.26O/c5*1-3(2)4;;;;;;;;;;;;;;;;;;;;;;;;;;;;;;;;;;;;/h5*3H,4H2,1-2H3;;;;;;;;3*1H2;;;;;;;;;;;;;;;;;;;;;;;;;;/q;;;;;;;;;;;;;;;26*-2/p+5. The van der Waals surface area contributed by atoms with Crippen molar-refractivity contribution in [2.45, 2.75) is 99.4 Å². The van der Waals surface area contributed by atoms with Crippen molar-refractivity contribution in [2.24, 2.45) is 0 Å². The van der Waals surface area contributed by atoms with Gasteiger partial charge in [0.2, 0.25) is 0 Å². The second-order valence-corrected chi connectivity index (χ2v) is 6.97. The number of quaternary nitrogens is 5. The average molecular weight is 1440 g/mol. The van der Waals surface area contributed by atoms with E-state index in [4.69, 9.17) is 0 Å². The number of rotatable bonds is 0. The molecule has 0 spiro atoms. The Hall–Kier alpha value is 3.46. The molecule has 0 saturated carbocycles. The van der Waals surface area contributed by atoms with Gasteiger partial charge in [-0.3, -0.25) is 0 Å². The Morgan fingerprint density at radius 2 is 0.161 bits per heavy atom. The topological polar surface area (TPSA) is 974 Å². The van der Waals surface area contributed by atoms with Gasteiger partial charge in [-0.25, -0.2) is 0 Å². The van der Waals surface area contributed by atoms with Crippen LogP contribution in [0.3, 0.4) is 0 Å². The molecule has 0 aromatic heterocycles. The minimum atomic E-state index is 0. The second kappa shape index (κ2) is 566. The van der Waals surface area contributed by atoms with E-state index in [2.05, 4.69) is 97.9 Å². The van der Waals surface area contributed by atoms with Crippen molar-refractivity contribution in [3.05, 3.63) is 0 Å². The maximum atomic E-state index is 3.64. The predicted octanol–water partition coefficient (Wildman–Crippen LogP) is -7.40. The van der Waals surface area contributed by atoms with Crippen LogP contribution in [0, 0.1) is 0 Å². The van der Waals surface area contributed by atoms with Gasteiger partial charge in [0.25, 0.3) is 0 Å². The van der Waals surface area contributed by atoms with Crippen LogP contribution in [0.1, 0.15) is 69.2 Å². The summed E-state index contributed by atoms with van der Waals surface area (Å²) in [6.07, 6.45) is 0. The van der Waals surface area contributed by atoms with Gasteiger partial charge in [-0.1, -0.05) is 0 Å². The van der Waals surface area contributed by atoms with E-state index in [0.717, 1.165) is 0 Å². The van der Waals surface area contributed by atoms with Gasteiger partial charge in [-0.2, -0.15) is 0 Å². The first-order valence-corrected chi connectivity index (χ1v) is 7.81.